The van der Waals surface area contributed by atoms with Gasteiger partial charge in [0.25, 0.3) is 0 Å². The minimum atomic E-state index is -5.79. The molecule has 2 atom stereocenters. The molecule has 12 heteroatoms. The van der Waals surface area contributed by atoms with E-state index in [1.54, 1.807) is 0 Å². The van der Waals surface area contributed by atoms with Crippen molar-refractivity contribution in [2.45, 2.75) is 57.7 Å². The highest BCUT2D eigenvalue weighted by Crippen LogP contribution is 2.56. The van der Waals surface area contributed by atoms with Crippen molar-refractivity contribution < 1.29 is 54.9 Å². The topological polar surface area (TPSA) is 71.1 Å². The molecule has 0 fully saturated rings. The highest BCUT2D eigenvalue weighted by molar-refractivity contribution is 5.87. The first-order valence-electron chi connectivity index (χ1n) is 12.2. The van der Waals surface area contributed by atoms with Crippen LogP contribution in [0.25, 0.3) is 0 Å². The molecule has 0 heterocycles. The molecule has 0 spiro atoms. The molecule has 0 aromatic heterocycles. The fourth-order valence-electron chi connectivity index (χ4n) is 3.71. The fraction of sp³-hybridized carbons (Fsp3) is 0.379. The summed E-state index contributed by atoms with van der Waals surface area (Å²) in [5, 5.41) is 0. The normalized spacial score (nSPS) is 13.5. The summed E-state index contributed by atoms with van der Waals surface area (Å²) in [6.45, 7) is 12.3. The second-order valence-corrected chi connectivity index (χ2v) is 9.41. The molecule has 2 aromatic carbocycles. The van der Waals surface area contributed by atoms with E-state index in [1.807, 2.05) is 0 Å². The van der Waals surface area contributed by atoms with Crippen molar-refractivity contribution in [3.63, 3.8) is 0 Å². The molecule has 0 saturated heterocycles. The first-order valence-corrected chi connectivity index (χ1v) is 12.2. The number of hydrogen-bond donors (Lipinski definition) is 0. The van der Waals surface area contributed by atoms with E-state index in [2.05, 4.69) is 13.2 Å². The summed E-state index contributed by atoms with van der Waals surface area (Å²) < 4.78 is 108. The number of alkyl halides is 6. The van der Waals surface area contributed by atoms with E-state index in [0.29, 0.717) is 24.3 Å². The minimum Gasteiger partial charge on any atom is -0.487 e. The highest BCUT2D eigenvalue weighted by Gasteiger charge is 2.72. The zero-order chi connectivity index (χ0) is 31.2. The van der Waals surface area contributed by atoms with E-state index in [4.69, 9.17) is 18.9 Å². The molecular formula is C29H30F6O6. The Balaban J connectivity index is 2.35. The van der Waals surface area contributed by atoms with Crippen LogP contribution in [0.2, 0.25) is 0 Å². The van der Waals surface area contributed by atoms with Crippen LogP contribution in [0.4, 0.5) is 26.3 Å². The van der Waals surface area contributed by atoms with Gasteiger partial charge < -0.3 is 18.9 Å². The van der Waals surface area contributed by atoms with Gasteiger partial charge in [-0.1, -0.05) is 37.4 Å². The highest BCUT2D eigenvalue weighted by atomic mass is 19.4. The summed E-state index contributed by atoms with van der Waals surface area (Å²) in [5.41, 5.74) is -6.24. The predicted molar refractivity (Wildman–Crippen MR) is 137 cm³/mol. The first-order chi connectivity index (χ1) is 18.9. The Morgan fingerprint density at radius 2 is 0.951 bits per heavy atom. The van der Waals surface area contributed by atoms with Gasteiger partial charge >= 0.3 is 24.3 Å². The van der Waals surface area contributed by atoms with Crippen LogP contribution >= 0.6 is 0 Å². The van der Waals surface area contributed by atoms with E-state index in [-0.39, 0.29) is 35.9 Å². The van der Waals surface area contributed by atoms with E-state index >= 15 is 0 Å². The molecule has 2 unspecified atom stereocenters. The van der Waals surface area contributed by atoms with Crippen LogP contribution in [0.5, 0.6) is 11.5 Å². The van der Waals surface area contributed by atoms with Gasteiger partial charge in [0.1, 0.15) is 36.9 Å². The van der Waals surface area contributed by atoms with Crippen molar-refractivity contribution in [3.05, 3.63) is 84.0 Å². The second-order valence-electron chi connectivity index (χ2n) is 9.41. The van der Waals surface area contributed by atoms with Crippen molar-refractivity contribution in [3.8, 4) is 11.5 Å². The largest absolute Gasteiger partial charge is 0.487 e. The van der Waals surface area contributed by atoms with Crippen molar-refractivity contribution in [2.24, 2.45) is 0 Å². The van der Waals surface area contributed by atoms with Gasteiger partial charge in [-0.15, -0.1) is 0 Å². The summed E-state index contributed by atoms with van der Waals surface area (Å²) in [5.74, 6) is -1.41. The van der Waals surface area contributed by atoms with Crippen LogP contribution in [0.1, 0.15) is 38.8 Å². The van der Waals surface area contributed by atoms with Crippen LogP contribution in [-0.2, 0) is 24.5 Å². The Labute approximate surface area is 233 Å². The van der Waals surface area contributed by atoms with Crippen molar-refractivity contribution in [1.82, 2.24) is 0 Å². The molecule has 6 nitrogen and oxygen atoms in total. The molecule has 0 radical (unpaired) electrons. The number of halogens is 6. The molecule has 0 amide bonds. The average Bonchev–Trinajstić information content (AvgIpc) is 2.86. The Bertz CT molecular complexity index is 1130. The molecular weight excluding hydrogens is 558 g/mol. The second kappa shape index (κ2) is 13.1. The van der Waals surface area contributed by atoms with Gasteiger partial charge in [-0.3, -0.25) is 0 Å². The van der Waals surface area contributed by atoms with Gasteiger partial charge in [0.2, 0.25) is 5.41 Å². The number of carbonyl (C=O) groups excluding carboxylic acids is 2. The summed E-state index contributed by atoms with van der Waals surface area (Å²) in [6.07, 6.45) is -13.1. The summed E-state index contributed by atoms with van der Waals surface area (Å²) in [4.78, 5) is 23.0. The molecule has 41 heavy (non-hydrogen) atoms. The number of ether oxygens (including phenoxy) is 4. The Kier molecular flexibility index (Phi) is 10.7. The van der Waals surface area contributed by atoms with Gasteiger partial charge in [-0.2, -0.15) is 26.3 Å². The van der Waals surface area contributed by atoms with Crippen LogP contribution in [0, 0.1) is 0 Å². The third-order valence-corrected chi connectivity index (χ3v) is 5.69. The quantitative estimate of drug-likeness (QED) is 0.153. The third kappa shape index (κ3) is 8.05. The SMILES string of the molecule is C=C(C)C(=O)OCC(C)Oc1ccc(C(c2ccc(OC(C)COC(=O)C(=C)C)cc2)(C(F)(F)F)C(F)(F)F)cc1. The smallest absolute Gasteiger partial charge is 0.411 e. The van der Waals surface area contributed by atoms with Gasteiger partial charge in [0.15, 0.2) is 0 Å². The van der Waals surface area contributed by atoms with Crippen molar-refractivity contribution in [1.29, 1.82) is 0 Å². The lowest BCUT2D eigenvalue weighted by Gasteiger charge is -2.38. The number of carbonyl (C=O) groups is 2. The monoisotopic (exact) mass is 588 g/mol. The molecule has 0 aliphatic rings. The number of esters is 2. The Morgan fingerprint density at radius 3 is 1.20 bits per heavy atom. The number of hydrogen-bond acceptors (Lipinski definition) is 6. The Morgan fingerprint density at radius 1 is 0.659 bits per heavy atom. The average molecular weight is 589 g/mol. The fourth-order valence-corrected chi connectivity index (χ4v) is 3.71. The van der Waals surface area contributed by atoms with E-state index in [1.165, 1.54) is 27.7 Å². The molecule has 0 N–H and O–H groups in total. The van der Waals surface area contributed by atoms with Gasteiger partial charge in [0, 0.05) is 11.1 Å². The predicted octanol–water partition coefficient (Wildman–Crippen LogP) is 6.87. The van der Waals surface area contributed by atoms with Gasteiger partial charge in [-0.25, -0.2) is 9.59 Å². The van der Waals surface area contributed by atoms with Crippen LogP contribution in [0.3, 0.4) is 0 Å². The molecule has 0 saturated carbocycles. The molecule has 2 aromatic rings. The Hall–Kier alpha value is -3.96. The van der Waals surface area contributed by atoms with Crippen LogP contribution in [-0.4, -0.2) is 49.7 Å². The zero-order valence-electron chi connectivity index (χ0n) is 22.8. The van der Waals surface area contributed by atoms with E-state index in [0.717, 1.165) is 24.3 Å². The zero-order valence-corrected chi connectivity index (χ0v) is 22.8. The summed E-state index contributed by atoms with van der Waals surface area (Å²) >= 11 is 0. The van der Waals surface area contributed by atoms with Gasteiger partial charge in [0.05, 0.1) is 0 Å². The van der Waals surface area contributed by atoms with E-state index < -0.39 is 53.0 Å². The lowest BCUT2D eigenvalue weighted by atomic mass is 9.73. The van der Waals surface area contributed by atoms with Crippen LogP contribution < -0.4 is 9.47 Å². The van der Waals surface area contributed by atoms with E-state index in [9.17, 15) is 35.9 Å². The molecule has 2 rings (SSSR count). The first kappa shape index (κ1) is 33.2. The lowest BCUT2D eigenvalue weighted by molar-refractivity contribution is -0.288. The molecule has 0 aliphatic heterocycles. The minimum absolute atomic E-state index is 0.0315. The third-order valence-electron chi connectivity index (χ3n) is 5.69. The van der Waals surface area contributed by atoms with Crippen molar-refractivity contribution in [2.75, 3.05) is 13.2 Å². The number of benzene rings is 2. The molecule has 0 aliphatic carbocycles. The molecule has 224 valence electrons. The standard InChI is InChI=1S/C29H30F6O6/c1-17(2)25(36)38-15-19(5)40-23-11-7-21(8-12-23)27(28(30,31)32,29(33,34)35)22-9-13-24(14-10-22)41-20(6)16-39-26(37)18(3)4/h7-14,19-20H,1,3,15-16H2,2,4-6H3. The maximum atomic E-state index is 14.5. The van der Waals surface area contributed by atoms with Gasteiger partial charge in [-0.05, 0) is 63.1 Å². The number of rotatable bonds is 12. The summed E-state index contributed by atoms with van der Waals surface area (Å²) in [7, 11) is 0. The maximum Gasteiger partial charge on any atom is 0.411 e. The summed E-state index contributed by atoms with van der Waals surface area (Å²) in [6, 6.07) is 6.65. The lowest BCUT2D eigenvalue weighted by Crippen LogP contribution is -2.54. The molecule has 0 bridgehead atoms. The maximum absolute atomic E-state index is 14.5. The van der Waals surface area contributed by atoms with Crippen LogP contribution in [0.15, 0.2) is 72.8 Å². The van der Waals surface area contributed by atoms with Crippen molar-refractivity contribution >= 4 is 11.9 Å².